The predicted octanol–water partition coefficient (Wildman–Crippen LogP) is 11.1. The summed E-state index contributed by atoms with van der Waals surface area (Å²) in [6, 6.07) is 26.2. The number of anilines is 1. The number of phenolic OH excluding ortho intramolecular Hbond substituents is 1. The van der Waals surface area contributed by atoms with Crippen LogP contribution in [0.4, 0.5) is 28.4 Å². The van der Waals surface area contributed by atoms with Gasteiger partial charge < -0.3 is 10.8 Å². The number of fused-ring (bicyclic) bond motifs is 2. The summed E-state index contributed by atoms with van der Waals surface area (Å²) in [4.78, 5) is -0.600. The molecule has 0 radical (unpaired) electrons. The molecule has 0 bridgehead atoms. The summed E-state index contributed by atoms with van der Waals surface area (Å²) < 4.78 is 37.6. The number of hydrogen-bond acceptors (Lipinski definition) is 12. The first-order chi connectivity index (χ1) is 22.7. The van der Waals surface area contributed by atoms with Crippen LogP contribution >= 0.6 is 12.0 Å². The molecule has 14 heteroatoms. The zero-order valence-electron chi connectivity index (χ0n) is 27.3. The highest BCUT2D eigenvalue weighted by molar-refractivity contribution is 7.93. The number of aromatic hydroxyl groups is 1. The molecule has 0 amide bonds. The van der Waals surface area contributed by atoms with E-state index in [1.165, 1.54) is 12.1 Å². The summed E-state index contributed by atoms with van der Waals surface area (Å²) in [5, 5.41) is 40.3. The lowest BCUT2D eigenvalue weighted by atomic mass is 10.1. The third-order valence-corrected chi connectivity index (χ3v) is 6.70. The van der Waals surface area contributed by atoms with Gasteiger partial charge in [-0.25, -0.2) is 5.26 Å². The third kappa shape index (κ3) is 11.7. The van der Waals surface area contributed by atoms with Crippen molar-refractivity contribution in [3.63, 3.8) is 0 Å². The Kier molecular flexibility index (Phi) is 18.5. The number of rotatable bonds is 7. The van der Waals surface area contributed by atoms with E-state index in [2.05, 4.69) is 29.8 Å². The van der Waals surface area contributed by atoms with Crippen molar-refractivity contribution < 1.29 is 32.7 Å². The largest absolute Gasteiger partial charge is 0.505 e. The van der Waals surface area contributed by atoms with Gasteiger partial charge in [-0.2, -0.15) is 18.6 Å². The Morgan fingerprint density at radius 3 is 1.85 bits per heavy atom. The highest BCUT2D eigenvalue weighted by Crippen LogP contribution is 2.46. The highest BCUT2D eigenvalue weighted by Gasteiger charge is 2.24. The monoisotopic (exact) mass is 683 g/mol. The van der Waals surface area contributed by atoms with E-state index in [1.54, 1.807) is 42.7 Å². The zero-order valence-corrected chi connectivity index (χ0v) is 29.0. The molecule has 0 atom stereocenters. The first kappa shape index (κ1) is 40.6. The van der Waals surface area contributed by atoms with Crippen LogP contribution in [0.1, 0.15) is 41.5 Å². The van der Waals surface area contributed by atoms with Crippen LogP contribution in [-0.2, 0) is 19.5 Å². The minimum Gasteiger partial charge on any atom is -0.505 e. The lowest BCUT2D eigenvalue weighted by Crippen LogP contribution is -2.00. The fourth-order valence-corrected chi connectivity index (χ4v) is 4.54. The molecule has 47 heavy (non-hydrogen) atoms. The Morgan fingerprint density at radius 1 is 0.702 bits per heavy atom. The van der Waals surface area contributed by atoms with E-state index < -0.39 is 26.5 Å². The Hall–Kier alpha value is -4.44. The molecule has 5 aromatic carbocycles. The van der Waals surface area contributed by atoms with Crippen LogP contribution in [0.2, 0.25) is 0 Å². The van der Waals surface area contributed by atoms with Crippen molar-refractivity contribution >= 4 is 72.1 Å². The SMILES string of the molecule is CC.CC.CC.CSOOO.Nc1c(N=Nc2ccc3ccccc3c2)ccc2cc(S(=O)(=O)O)c(N=Nc3ccccc3)c(O)c12. The molecule has 0 unspecified atom stereocenters. The molecule has 0 spiro atoms. The lowest BCUT2D eigenvalue weighted by Gasteiger charge is -2.11. The Bertz CT molecular complexity index is 1850. The van der Waals surface area contributed by atoms with E-state index >= 15 is 0 Å². The zero-order chi connectivity index (χ0) is 35.4. The number of phenols is 1. The van der Waals surface area contributed by atoms with E-state index in [1.807, 2.05) is 84.0 Å². The van der Waals surface area contributed by atoms with Crippen LogP contribution in [0.5, 0.6) is 5.75 Å². The first-order valence-corrected chi connectivity index (χ1v) is 17.3. The van der Waals surface area contributed by atoms with Crippen molar-refractivity contribution in [3.05, 3.63) is 91.0 Å². The third-order valence-electron chi connectivity index (χ3n) is 5.64. The van der Waals surface area contributed by atoms with Crippen molar-refractivity contribution in [2.75, 3.05) is 12.0 Å². The maximum Gasteiger partial charge on any atom is 0.296 e. The van der Waals surface area contributed by atoms with E-state index in [9.17, 15) is 18.1 Å². The van der Waals surface area contributed by atoms with Crippen molar-refractivity contribution in [2.45, 2.75) is 46.4 Å². The molecule has 5 rings (SSSR count). The second kappa shape index (κ2) is 21.4. The number of nitrogens with zero attached hydrogens (tertiary/aromatic N) is 4. The van der Waals surface area contributed by atoms with Gasteiger partial charge in [0.15, 0.2) is 5.75 Å². The smallest absolute Gasteiger partial charge is 0.296 e. The van der Waals surface area contributed by atoms with Gasteiger partial charge in [-0.05, 0) is 52.6 Å². The average molecular weight is 684 g/mol. The summed E-state index contributed by atoms with van der Waals surface area (Å²) in [6.45, 7) is 12.0. The molecule has 5 N–H and O–H groups in total. The molecule has 5 aromatic rings. The van der Waals surface area contributed by atoms with Crippen LogP contribution in [-0.4, -0.2) is 29.6 Å². The number of azo groups is 2. The van der Waals surface area contributed by atoms with E-state index in [4.69, 9.17) is 11.0 Å². The van der Waals surface area contributed by atoms with E-state index in [0.717, 1.165) is 22.8 Å². The second-order valence-electron chi connectivity index (χ2n) is 8.22. The van der Waals surface area contributed by atoms with Gasteiger partial charge in [0.25, 0.3) is 10.1 Å². The van der Waals surface area contributed by atoms with Gasteiger partial charge >= 0.3 is 0 Å². The summed E-state index contributed by atoms with van der Waals surface area (Å²) in [7, 11) is -4.74. The summed E-state index contributed by atoms with van der Waals surface area (Å²) >= 11 is 0.929. The molecule has 0 aromatic heterocycles. The Balaban J connectivity index is 0.000000893. The van der Waals surface area contributed by atoms with Gasteiger partial charge in [-0.3, -0.25) is 4.55 Å². The van der Waals surface area contributed by atoms with Gasteiger partial charge in [-0.15, -0.1) is 14.6 Å². The quantitative estimate of drug-likeness (QED) is 0.0323. The Morgan fingerprint density at radius 2 is 1.28 bits per heavy atom. The van der Waals surface area contributed by atoms with Crippen LogP contribution in [0.15, 0.2) is 116 Å². The molecule has 0 fully saturated rings. The maximum absolute atomic E-state index is 12.0. The fourth-order valence-electron chi connectivity index (χ4n) is 3.82. The van der Waals surface area contributed by atoms with Crippen molar-refractivity contribution in [1.29, 1.82) is 0 Å². The second-order valence-corrected chi connectivity index (χ2v) is 10.1. The number of hydrogen-bond donors (Lipinski definition) is 4. The fraction of sp³-hybridized carbons (Fsp3) is 0.212. The van der Waals surface area contributed by atoms with Crippen molar-refractivity contribution in [3.8, 4) is 5.75 Å². The van der Waals surface area contributed by atoms with Gasteiger partial charge in [0.2, 0.25) is 0 Å². The molecule has 0 saturated carbocycles. The number of nitrogens with two attached hydrogens (primary N) is 1. The number of nitrogen functional groups attached to an aromatic ring is 1. The summed E-state index contributed by atoms with van der Waals surface area (Å²) in [5.41, 5.74) is 7.22. The lowest BCUT2D eigenvalue weighted by molar-refractivity contribution is -0.432. The molecule has 0 aliphatic carbocycles. The minimum atomic E-state index is -4.74. The predicted molar refractivity (Wildman–Crippen MR) is 191 cm³/mol. The van der Waals surface area contributed by atoms with Crippen LogP contribution < -0.4 is 5.73 Å². The summed E-state index contributed by atoms with van der Waals surface area (Å²) in [5.74, 6) is -0.555. The van der Waals surface area contributed by atoms with Crippen LogP contribution in [0.25, 0.3) is 21.5 Å². The van der Waals surface area contributed by atoms with Crippen LogP contribution in [0, 0.1) is 0 Å². The standard InChI is InChI=1S/C26H19N5O4S.3C2H6.CH4O3S/c27-24-21(30-29-20-12-10-16-6-4-5-7-17(16)14-20)13-11-18-15-22(36(33,34)35)25(26(32)23(18)24)31-28-19-8-2-1-3-9-19;3*1-2;1-5-4-3-2/h1-15,32H,27H2,(H,33,34,35);3*1-2H3;2H,1H3. The van der Waals surface area contributed by atoms with Crippen molar-refractivity contribution in [1.82, 2.24) is 0 Å². The van der Waals surface area contributed by atoms with Gasteiger partial charge in [0.05, 0.1) is 22.4 Å². The maximum atomic E-state index is 12.0. The molecule has 12 nitrogen and oxygen atoms in total. The normalized spacial score (nSPS) is 10.7. The molecule has 0 aliphatic rings. The molecular formula is C33H41N5O7S2. The van der Waals surface area contributed by atoms with Gasteiger partial charge in [0, 0.05) is 18.3 Å². The molecule has 0 aliphatic heterocycles. The first-order valence-electron chi connectivity index (χ1n) is 14.7. The van der Waals surface area contributed by atoms with E-state index in [0.29, 0.717) is 11.4 Å². The summed E-state index contributed by atoms with van der Waals surface area (Å²) in [6.07, 6.45) is 1.62. The molecule has 0 heterocycles. The molecule has 0 saturated heterocycles. The van der Waals surface area contributed by atoms with Gasteiger partial charge in [0.1, 0.15) is 16.3 Å². The highest BCUT2D eigenvalue weighted by atomic mass is 32.2. The topological polar surface area (TPSA) is 189 Å². The van der Waals surface area contributed by atoms with Crippen molar-refractivity contribution in [2.24, 2.45) is 20.5 Å². The average Bonchev–Trinajstić information content (AvgIpc) is 3.10. The Labute approximate surface area is 279 Å². The molecule has 252 valence electrons. The van der Waals surface area contributed by atoms with Gasteiger partial charge in [-0.1, -0.05) is 101 Å². The minimum absolute atomic E-state index is 0.0626. The van der Waals surface area contributed by atoms with Crippen LogP contribution in [0.3, 0.4) is 0 Å². The molecular weight excluding hydrogens is 643 g/mol. The van der Waals surface area contributed by atoms with E-state index in [-0.39, 0.29) is 22.1 Å². The number of benzene rings is 5.